The molecular formula is C9H11BrN2O2. The Morgan fingerprint density at radius 3 is 2.71 bits per heavy atom. The summed E-state index contributed by atoms with van der Waals surface area (Å²) in [6.07, 6.45) is 0. The second kappa shape index (κ2) is 4.52. The zero-order chi connectivity index (χ0) is 10.7. The molecule has 1 N–H and O–H groups in total. The van der Waals surface area contributed by atoms with Gasteiger partial charge in [0.1, 0.15) is 0 Å². The zero-order valence-corrected chi connectivity index (χ0v) is 9.54. The van der Waals surface area contributed by atoms with E-state index in [4.69, 9.17) is 0 Å². The monoisotopic (exact) mass is 258 g/mol. The summed E-state index contributed by atoms with van der Waals surface area (Å²) < 4.78 is 0.719. The molecule has 76 valence electrons. The number of nitrogens with one attached hydrogen (secondary N) is 1. The lowest BCUT2D eigenvalue weighted by Gasteiger charge is -2.10. The average Bonchev–Trinajstić information content (AvgIpc) is 2.16. The van der Waals surface area contributed by atoms with Crippen LogP contribution >= 0.6 is 15.9 Å². The van der Waals surface area contributed by atoms with Crippen LogP contribution in [0.4, 0.5) is 5.69 Å². The maximum Gasteiger partial charge on any atom is 0.275 e. The molecule has 0 spiro atoms. The van der Waals surface area contributed by atoms with Gasteiger partial charge in [-0.3, -0.25) is 10.1 Å². The van der Waals surface area contributed by atoms with E-state index in [1.54, 1.807) is 19.2 Å². The summed E-state index contributed by atoms with van der Waals surface area (Å²) in [5, 5.41) is 13.7. The Morgan fingerprint density at radius 1 is 1.57 bits per heavy atom. The Bertz CT molecular complexity index is 355. The predicted molar refractivity (Wildman–Crippen MR) is 58.3 cm³/mol. The lowest BCUT2D eigenvalue weighted by molar-refractivity contribution is -0.385. The van der Waals surface area contributed by atoms with Crippen molar-refractivity contribution in [2.24, 2.45) is 0 Å². The minimum Gasteiger partial charge on any atom is -0.313 e. The highest BCUT2D eigenvalue weighted by Crippen LogP contribution is 2.27. The number of nitrogens with zero attached hydrogens (tertiary/aromatic N) is 1. The van der Waals surface area contributed by atoms with Crippen LogP contribution in [0.15, 0.2) is 22.7 Å². The molecule has 14 heavy (non-hydrogen) atoms. The fraction of sp³-hybridized carbons (Fsp3) is 0.333. The van der Waals surface area contributed by atoms with Crippen LogP contribution in [0.1, 0.15) is 18.5 Å². The molecule has 0 bridgehead atoms. The van der Waals surface area contributed by atoms with Crippen LogP contribution in [-0.2, 0) is 0 Å². The van der Waals surface area contributed by atoms with Crippen LogP contribution < -0.4 is 5.32 Å². The molecule has 5 heteroatoms. The van der Waals surface area contributed by atoms with Crippen LogP contribution in [-0.4, -0.2) is 12.0 Å². The number of nitro groups is 1. The van der Waals surface area contributed by atoms with Gasteiger partial charge < -0.3 is 5.32 Å². The van der Waals surface area contributed by atoms with Crippen LogP contribution in [0.3, 0.4) is 0 Å². The molecule has 0 aromatic heterocycles. The molecule has 0 unspecified atom stereocenters. The van der Waals surface area contributed by atoms with Crippen molar-refractivity contribution in [3.05, 3.63) is 38.3 Å². The molecule has 0 fully saturated rings. The van der Waals surface area contributed by atoms with E-state index >= 15 is 0 Å². The van der Waals surface area contributed by atoms with Crippen molar-refractivity contribution in [2.75, 3.05) is 7.05 Å². The molecule has 0 radical (unpaired) electrons. The summed E-state index contributed by atoms with van der Waals surface area (Å²) in [4.78, 5) is 10.4. The topological polar surface area (TPSA) is 55.2 Å². The Kier molecular flexibility index (Phi) is 3.60. The maximum absolute atomic E-state index is 10.8. The van der Waals surface area contributed by atoms with Gasteiger partial charge in [-0.2, -0.15) is 0 Å². The van der Waals surface area contributed by atoms with Gasteiger partial charge in [-0.1, -0.05) is 15.9 Å². The number of hydrogen-bond donors (Lipinski definition) is 1. The van der Waals surface area contributed by atoms with Gasteiger partial charge >= 0.3 is 0 Å². The van der Waals surface area contributed by atoms with Gasteiger partial charge in [0.2, 0.25) is 0 Å². The highest BCUT2D eigenvalue weighted by Gasteiger charge is 2.17. The lowest BCUT2D eigenvalue weighted by atomic mass is 10.1. The van der Waals surface area contributed by atoms with E-state index in [1.807, 2.05) is 6.92 Å². The van der Waals surface area contributed by atoms with Crippen molar-refractivity contribution in [1.82, 2.24) is 5.32 Å². The molecule has 1 atom stereocenters. The minimum absolute atomic E-state index is 0.0245. The van der Waals surface area contributed by atoms with Gasteiger partial charge in [-0.05, 0) is 26.1 Å². The van der Waals surface area contributed by atoms with Crippen molar-refractivity contribution < 1.29 is 4.92 Å². The average molecular weight is 259 g/mol. The third-order valence-corrected chi connectivity index (χ3v) is 2.58. The van der Waals surface area contributed by atoms with Crippen molar-refractivity contribution in [3.8, 4) is 0 Å². The normalized spacial score (nSPS) is 12.5. The zero-order valence-electron chi connectivity index (χ0n) is 7.95. The molecule has 0 amide bonds. The molecule has 0 heterocycles. The molecule has 0 aliphatic rings. The Balaban J connectivity index is 3.21. The van der Waals surface area contributed by atoms with Gasteiger partial charge in [0.05, 0.1) is 4.92 Å². The molecule has 0 aliphatic heterocycles. The van der Waals surface area contributed by atoms with E-state index in [0.29, 0.717) is 5.56 Å². The van der Waals surface area contributed by atoms with Gasteiger partial charge in [-0.15, -0.1) is 0 Å². The molecule has 1 aromatic rings. The predicted octanol–water partition coefficient (Wildman–Crippen LogP) is 2.64. The van der Waals surface area contributed by atoms with Gasteiger partial charge in [-0.25, -0.2) is 0 Å². The summed E-state index contributed by atoms with van der Waals surface area (Å²) >= 11 is 3.21. The second-order valence-electron chi connectivity index (χ2n) is 2.97. The molecule has 0 aliphatic carbocycles. The molecule has 0 saturated carbocycles. The molecule has 1 aromatic carbocycles. The third-order valence-electron chi connectivity index (χ3n) is 2.09. The summed E-state index contributed by atoms with van der Waals surface area (Å²) in [5.41, 5.74) is 0.835. The van der Waals surface area contributed by atoms with E-state index in [9.17, 15) is 10.1 Å². The van der Waals surface area contributed by atoms with Crippen molar-refractivity contribution in [1.29, 1.82) is 0 Å². The van der Waals surface area contributed by atoms with Crippen LogP contribution in [0.25, 0.3) is 0 Å². The first-order valence-corrected chi connectivity index (χ1v) is 4.96. The van der Waals surface area contributed by atoms with E-state index in [2.05, 4.69) is 21.2 Å². The third kappa shape index (κ3) is 2.30. The van der Waals surface area contributed by atoms with Gasteiger partial charge in [0, 0.05) is 22.1 Å². The van der Waals surface area contributed by atoms with Crippen LogP contribution in [0.2, 0.25) is 0 Å². The summed E-state index contributed by atoms with van der Waals surface area (Å²) in [5.74, 6) is 0. The van der Waals surface area contributed by atoms with Crippen molar-refractivity contribution >= 4 is 21.6 Å². The Morgan fingerprint density at radius 2 is 2.21 bits per heavy atom. The van der Waals surface area contributed by atoms with Crippen molar-refractivity contribution in [3.63, 3.8) is 0 Å². The quantitative estimate of drug-likeness (QED) is 0.670. The summed E-state index contributed by atoms with van der Waals surface area (Å²) in [6.45, 7) is 1.89. The molecule has 0 saturated heterocycles. The number of rotatable bonds is 3. The summed E-state index contributed by atoms with van der Waals surface area (Å²) in [6, 6.07) is 5.05. The number of halogens is 1. The highest BCUT2D eigenvalue weighted by atomic mass is 79.9. The number of nitro benzene ring substituents is 1. The van der Waals surface area contributed by atoms with Crippen LogP contribution in [0, 0.1) is 10.1 Å². The fourth-order valence-electron chi connectivity index (χ4n) is 1.20. The minimum atomic E-state index is -0.367. The van der Waals surface area contributed by atoms with Crippen molar-refractivity contribution in [2.45, 2.75) is 13.0 Å². The van der Waals surface area contributed by atoms with E-state index in [-0.39, 0.29) is 16.7 Å². The Labute approximate surface area is 90.6 Å². The number of hydrogen-bond acceptors (Lipinski definition) is 3. The standard InChI is InChI=1S/C9H11BrN2O2/c1-6(11-2)8-4-3-7(10)5-9(8)12(13)14/h3-6,11H,1-2H3/t6-/m0/s1. The second-order valence-corrected chi connectivity index (χ2v) is 3.89. The Hall–Kier alpha value is -0.940. The molecule has 1 rings (SSSR count). The van der Waals surface area contributed by atoms with E-state index < -0.39 is 0 Å². The van der Waals surface area contributed by atoms with Crippen LogP contribution in [0.5, 0.6) is 0 Å². The lowest BCUT2D eigenvalue weighted by Crippen LogP contribution is -2.13. The highest BCUT2D eigenvalue weighted by molar-refractivity contribution is 9.10. The smallest absolute Gasteiger partial charge is 0.275 e. The fourth-order valence-corrected chi connectivity index (χ4v) is 1.55. The largest absolute Gasteiger partial charge is 0.313 e. The SMILES string of the molecule is CN[C@@H](C)c1ccc(Br)cc1[N+](=O)[O-]. The number of benzene rings is 1. The van der Waals surface area contributed by atoms with Gasteiger partial charge in [0.25, 0.3) is 5.69 Å². The first kappa shape index (κ1) is 11.1. The van der Waals surface area contributed by atoms with E-state index in [0.717, 1.165) is 4.47 Å². The van der Waals surface area contributed by atoms with E-state index in [1.165, 1.54) is 6.07 Å². The molecular weight excluding hydrogens is 248 g/mol. The van der Waals surface area contributed by atoms with Gasteiger partial charge in [0.15, 0.2) is 0 Å². The first-order valence-electron chi connectivity index (χ1n) is 4.17. The maximum atomic E-state index is 10.8. The molecule has 4 nitrogen and oxygen atoms in total. The first-order chi connectivity index (χ1) is 6.56. The summed E-state index contributed by atoms with van der Waals surface area (Å²) in [7, 11) is 1.77.